The van der Waals surface area contributed by atoms with Gasteiger partial charge in [0.1, 0.15) is 0 Å². The molecule has 12 heavy (non-hydrogen) atoms. The lowest BCUT2D eigenvalue weighted by molar-refractivity contribution is -0.144. The molecule has 0 heterocycles. The number of rotatable bonds is 3. The van der Waals surface area contributed by atoms with Gasteiger partial charge in [0.15, 0.2) is 0 Å². The zero-order valence-electron chi connectivity index (χ0n) is 7.03. The van der Waals surface area contributed by atoms with Gasteiger partial charge in [-0.15, -0.1) is 19.0 Å². The van der Waals surface area contributed by atoms with Gasteiger partial charge in [0.05, 0.1) is 12.5 Å². The highest BCUT2D eigenvalue weighted by Gasteiger charge is 2.51. The maximum atomic E-state index is 11.0. The molecular formula is C8H14ClNO2. The topological polar surface area (TPSA) is 52.3 Å². The highest BCUT2D eigenvalue weighted by Crippen LogP contribution is 2.38. The fourth-order valence-corrected chi connectivity index (χ4v) is 1.22. The number of esters is 1. The van der Waals surface area contributed by atoms with E-state index in [0.29, 0.717) is 6.61 Å². The van der Waals surface area contributed by atoms with Crippen molar-refractivity contribution in [3.63, 3.8) is 0 Å². The average molecular weight is 192 g/mol. The van der Waals surface area contributed by atoms with Crippen LogP contribution < -0.4 is 5.73 Å². The van der Waals surface area contributed by atoms with Gasteiger partial charge in [-0.3, -0.25) is 4.79 Å². The van der Waals surface area contributed by atoms with Crippen molar-refractivity contribution in [1.82, 2.24) is 0 Å². The van der Waals surface area contributed by atoms with Crippen molar-refractivity contribution in [3.8, 4) is 0 Å². The summed E-state index contributed by atoms with van der Waals surface area (Å²) in [5.41, 5.74) is 5.58. The zero-order valence-corrected chi connectivity index (χ0v) is 7.84. The lowest BCUT2D eigenvalue weighted by atomic mass is 10.3. The van der Waals surface area contributed by atoms with Crippen LogP contribution in [0.3, 0.4) is 0 Å². The largest absolute Gasteiger partial charge is 0.466 e. The van der Waals surface area contributed by atoms with Crippen LogP contribution in [0, 0.1) is 11.8 Å². The lowest BCUT2D eigenvalue weighted by Gasteiger charge is -1.97. The van der Waals surface area contributed by atoms with Crippen molar-refractivity contribution in [2.45, 2.75) is 13.0 Å². The molecule has 4 heteroatoms. The second-order valence-corrected chi connectivity index (χ2v) is 2.67. The molecule has 0 aromatic rings. The molecule has 0 aromatic carbocycles. The minimum atomic E-state index is -0.190. The van der Waals surface area contributed by atoms with E-state index in [4.69, 9.17) is 10.5 Å². The SMILES string of the molecule is C=CC1C(N)C1C(=O)OCC.Cl. The summed E-state index contributed by atoms with van der Waals surface area (Å²) < 4.78 is 4.80. The van der Waals surface area contributed by atoms with Gasteiger partial charge in [-0.2, -0.15) is 0 Å². The van der Waals surface area contributed by atoms with E-state index in [1.807, 2.05) is 0 Å². The molecule has 0 amide bonds. The molecule has 1 saturated carbocycles. The Hall–Kier alpha value is -0.540. The molecule has 3 nitrogen and oxygen atoms in total. The number of carbonyl (C=O) groups is 1. The van der Waals surface area contributed by atoms with Gasteiger partial charge in [0.25, 0.3) is 0 Å². The van der Waals surface area contributed by atoms with Gasteiger partial charge in [0, 0.05) is 12.0 Å². The molecule has 0 bridgehead atoms. The second-order valence-electron chi connectivity index (χ2n) is 2.67. The Balaban J connectivity index is 0.00000121. The quantitative estimate of drug-likeness (QED) is 0.529. The molecule has 1 fully saturated rings. The van der Waals surface area contributed by atoms with Crippen molar-refractivity contribution in [2.75, 3.05) is 6.61 Å². The van der Waals surface area contributed by atoms with Crippen LogP contribution in [-0.4, -0.2) is 18.6 Å². The number of nitrogens with two attached hydrogens (primary N) is 1. The van der Waals surface area contributed by atoms with E-state index in [9.17, 15) is 4.79 Å². The van der Waals surface area contributed by atoms with E-state index in [2.05, 4.69) is 6.58 Å². The number of hydrogen-bond acceptors (Lipinski definition) is 3. The first-order valence-electron chi connectivity index (χ1n) is 3.77. The molecule has 0 radical (unpaired) electrons. The van der Waals surface area contributed by atoms with Crippen molar-refractivity contribution < 1.29 is 9.53 Å². The second kappa shape index (κ2) is 4.48. The number of ether oxygens (including phenoxy) is 1. The molecule has 2 N–H and O–H groups in total. The van der Waals surface area contributed by atoms with Gasteiger partial charge in [-0.25, -0.2) is 0 Å². The average Bonchev–Trinajstić information content (AvgIpc) is 2.61. The Kier molecular flexibility index (Phi) is 4.28. The normalized spacial score (nSPS) is 31.7. The fraction of sp³-hybridized carbons (Fsp3) is 0.625. The summed E-state index contributed by atoms with van der Waals surface area (Å²) in [5.74, 6) is -0.189. The third-order valence-corrected chi connectivity index (χ3v) is 1.96. The molecule has 3 unspecified atom stereocenters. The summed E-state index contributed by atoms with van der Waals surface area (Å²) in [4.78, 5) is 11.0. The van der Waals surface area contributed by atoms with Crippen LogP contribution in [-0.2, 0) is 9.53 Å². The summed E-state index contributed by atoms with van der Waals surface area (Å²) in [6, 6.07) is -0.0634. The summed E-state index contributed by atoms with van der Waals surface area (Å²) in [5, 5.41) is 0. The Morgan fingerprint density at radius 1 is 1.75 bits per heavy atom. The predicted molar refractivity (Wildman–Crippen MR) is 49.0 cm³/mol. The van der Waals surface area contributed by atoms with Crippen molar-refractivity contribution in [1.29, 1.82) is 0 Å². The zero-order chi connectivity index (χ0) is 8.43. The molecule has 0 aromatic heterocycles. The Bertz CT molecular complexity index is 184. The van der Waals surface area contributed by atoms with E-state index in [0.717, 1.165) is 0 Å². The van der Waals surface area contributed by atoms with E-state index >= 15 is 0 Å². The standard InChI is InChI=1S/C8H13NO2.ClH/c1-3-5-6(7(5)9)8(10)11-4-2;/h3,5-7H,1,4,9H2,2H3;1H. The first-order valence-corrected chi connectivity index (χ1v) is 3.77. The third-order valence-electron chi connectivity index (χ3n) is 1.96. The molecule has 0 spiro atoms. The van der Waals surface area contributed by atoms with Crippen molar-refractivity contribution in [3.05, 3.63) is 12.7 Å². The van der Waals surface area contributed by atoms with Gasteiger partial charge in [-0.05, 0) is 6.92 Å². The van der Waals surface area contributed by atoms with Crippen LogP contribution in [0.2, 0.25) is 0 Å². The number of carbonyl (C=O) groups excluding carboxylic acids is 1. The van der Waals surface area contributed by atoms with Crippen molar-refractivity contribution >= 4 is 18.4 Å². The summed E-state index contributed by atoms with van der Waals surface area (Å²) in [6.07, 6.45) is 1.71. The number of hydrogen-bond donors (Lipinski definition) is 1. The lowest BCUT2D eigenvalue weighted by Crippen LogP contribution is -2.13. The third kappa shape index (κ3) is 1.99. The summed E-state index contributed by atoms with van der Waals surface area (Å²) in [7, 11) is 0. The Morgan fingerprint density at radius 3 is 2.67 bits per heavy atom. The first-order chi connectivity index (χ1) is 5.22. The minimum absolute atomic E-state index is 0. The molecular weight excluding hydrogens is 178 g/mol. The first kappa shape index (κ1) is 11.5. The van der Waals surface area contributed by atoms with Crippen molar-refractivity contribution in [2.24, 2.45) is 17.6 Å². The maximum Gasteiger partial charge on any atom is 0.311 e. The molecule has 3 atom stereocenters. The highest BCUT2D eigenvalue weighted by molar-refractivity contribution is 5.85. The van der Waals surface area contributed by atoms with Gasteiger partial charge < -0.3 is 10.5 Å². The molecule has 1 aliphatic rings. The Morgan fingerprint density at radius 2 is 2.33 bits per heavy atom. The molecule has 0 saturated heterocycles. The monoisotopic (exact) mass is 191 g/mol. The van der Waals surface area contributed by atoms with Crippen LogP contribution in [0.4, 0.5) is 0 Å². The predicted octanol–water partition coefficient (Wildman–Crippen LogP) is 0.731. The van der Waals surface area contributed by atoms with E-state index in [1.165, 1.54) is 0 Å². The van der Waals surface area contributed by atoms with E-state index in [1.54, 1.807) is 13.0 Å². The van der Waals surface area contributed by atoms with Crippen LogP contribution in [0.1, 0.15) is 6.92 Å². The maximum absolute atomic E-state index is 11.0. The van der Waals surface area contributed by atoms with Gasteiger partial charge in [0.2, 0.25) is 0 Å². The molecule has 1 aliphatic carbocycles. The summed E-state index contributed by atoms with van der Waals surface area (Å²) >= 11 is 0. The highest BCUT2D eigenvalue weighted by atomic mass is 35.5. The van der Waals surface area contributed by atoms with Gasteiger partial charge >= 0.3 is 5.97 Å². The molecule has 0 aliphatic heterocycles. The van der Waals surface area contributed by atoms with E-state index in [-0.39, 0.29) is 36.3 Å². The number of halogens is 1. The van der Waals surface area contributed by atoms with Crippen LogP contribution in [0.15, 0.2) is 12.7 Å². The molecule has 70 valence electrons. The smallest absolute Gasteiger partial charge is 0.311 e. The molecule has 1 rings (SSSR count). The van der Waals surface area contributed by atoms with Crippen LogP contribution >= 0.6 is 12.4 Å². The minimum Gasteiger partial charge on any atom is -0.466 e. The van der Waals surface area contributed by atoms with Gasteiger partial charge in [-0.1, -0.05) is 6.08 Å². The summed E-state index contributed by atoms with van der Waals surface area (Å²) in [6.45, 7) is 5.79. The van der Waals surface area contributed by atoms with E-state index < -0.39 is 0 Å². The Labute approximate surface area is 78.4 Å². The fourth-order valence-electron chi connectivity index (χ4n) is 1.22. The van der Waals surface area contributed by atoms with Crippen LogP contribution in [0.5, 0.6) is 0 Å². The van der Waals surface area contributed by atoms with Crippen LogP contribution in [0.25, 0.3) is 0 Å².